The maximum atomic E-state index is 12.4. The first kappa shape index (κ1) is 11.4. The number of hydrogen-bond donors (Lipinski definition) is 1. The lowest BCUT2D eigenvalue weighted by atomic mass is 9.95. The lowest BCUT2D eigenvalue weighted by molar-refractivity contribution is -0.141. The van der Waals surface area contributed by atoms with Crippen molar-refractivity contribution in [3.05, 3.63) is 18.0 Å². The van der Waals surface area contributed by atoms with E-state index in [1.807, 2.05) is 6.92 Å². The van der Waals surface area contributed by atoms with Crippen LogP contribution in [-0.2, 0) is 6.18 Å². The van der Waals surface area contributed by atoms with Gasteiger partial charge in [-0.05, 0) is 24.9 Å². The summed E-state index contributed by atoms with van der Waals surface area (Å²) in [6, 6.07) is 1.05. The molecule has 0 radical (unpaired) electrons. The first-order valence-electron chi connectivity index (χ1n) is 5.31. The smallest absolute Gasteiger partial charge is 0.315 e. The fourth-order valence-corrected chi connectivity index (χ4v) is 2.00. The average Bonchev–Trinajstić information content (AvgIpc) is 2.66. The van der Waals surface area contributed by atoms with Gasteiger partial charge in [-0.15, -0.1) is 0 Å². The Kier molecular flexibility index (Phi) is 2.92. The van der Waals surface area contributed by atoms with E-state index in [0.717, 1.165) is 19.0 Å². The van der Waals surface area contributed by atoms with Crippen LogP contribution >= 0.6 is 0 Å². The molecule has 1 fully saturated rings. The van der Waals surface area contributed by atoms with Gasteiger partial charge in [-0.3, -0.25) is 4.68 Å². The third-order valence-corrected chi connectivity index (χ3v) is 3.03. The van der Waals surface area contributed by atoms with Gasteiger partial charge in [-0.1, -0.05) is 6.92 Å². The van der Waals surface area contributed by atoms with Gasteiger partial charge >= 0.3 is 6.18 Å². The Balaban J connectivity index is 2.18. The summed E-state index contributed by atoms with van der Waals surface area (Å²) in [7, 11) is 0. The van der Waals surface area contributed by atoms with Crippen LogP contribution in [0.25, 0.3) is 0 Å². The van der Waals surface area contributed by atoms with Crippen LogP contribution in [0, 0.1) is 5.92 Å². The lowest BCUT2D eigenvalue weighted by Crippen LogP contribution is -2.37. The van der Waals surface area contributed by atoms with Gasteiger partial charge in [0.2, 0.25) is 0 Å². The minimum atomic E-state index is -4.35. The van der Waals surface area contributed by atoms with Crippen LogP contribution in [0.3, 0.4) is 0 Å². The van der Waals surface area contributed by atoms with Crippen molar-refractivity contribution >= 4 is 0 Å². The van der Waals surface area contributed by atoms with Crippen LogP contribution in [0.5, 0.6) is 0 Å². The number of nitrogens with one attached hydrogen (secondary N) is 1. The highest BCUT2D eigenvalue weighted by molar-refractivity contribution is 5.04. The van der Waals surface area contributed by atoms with Crippen LogP contribution in [-0.4, -0.2) is 22.9 Å². The summed E-state index contributed by atoms with van der Waals surface area (Å²) in [5.74, 6) is 0.349. The van der Waals surface area contributed by atoms with E-state index in [1.54, 1.807) is 0 Å². The normalized spacial score (nSPS) is 27.0. The molecule has 6 heteroatoms. The van der Waals surface area contributed by atoms with Crippen molar-refractivity contribution in [2.45, 2.75) is 25.6 Å². The average molecular weight is 233 g/mol. The molecule has 90 valence electrons. The summed E-state index contributed by atoms with van der Waals surface area (Å²) >= 11 is 0. The summed E-state index contributed by atoms with van der Waals surface area (Å²) in [5, 5.41) is 6.78. The predicted octanol–water partition coefficient (Wildman–Crippen LogP) is 2.07. The van der Waals surface area contributed by atoms with Crippen molar-refractivity contribution in [1.82, 2.24) is 15.1 Å². The molecule has 16 heavy (non-hydrogen) atoms. The van der Waals surface area contributed by atoms with E-state index in [-0.39, 0.29) is 6.04 Å². The van der Waals surface area contributed by atoms with Gasteiger partial charge in [-0.2, -0.15) is 18.3 Å². The van der Waals surface area contributed by atoms with Gasteiger partial charge in [0.15, 0.2) is 5.69 Å². The van der Waals surface area contributed by atoms with Crippen LogP contribution in [0.1, 0.15) is 25.1 Å². The molecule has 1 aliphatic heterocycles. The van der Waals surface area contributed by atoms with E-state index in [2.05, 4.69) is 10.4 Å². The maximum Gasteiger partial charge on any atom is 0.435 e. The molecule has 0 saturated carbocycles. The van der Waals surface area contributed by atoms with E-state index >= 15 is 0 Å². The lowest BCUT2D eigenvalue weighted by Gasteiger charge is -2.29. The number of hydrogen-bond acceptors (Lipinski definition) is 2. The molecule has 2 rings (SSSR count). The molecule has 0 spiro atoms. The zero-order valence-electron chi connectivity index (χ0n) is 8.96. The van der Waals surface area contributed by atoms with Crippen molar-refractivity contribution in [3.8, 4) is 0 Å². The molecule has 2 unspecified atom stereocenters. The topological polar surface area (TPSA) is 29.9 Å². The molecule has 2 atom stereocenters. The highest BCUT2D eigenvalue weighted by Gasteiger charge is 2.34. The van der Waals surface area contributed by atoms with E-state index in [0.29, 0.717) is 12.5 Å². The number of piperidine rings is 1. The number of nitrogens with zero attached hydrogens (tertiary/aromatic N) is 2. The zero-order chi connectivity index (χ0) is 11.8. The minimum Gasteiger partial charge on any atom is -0.315 e. The van der Waals surface area contributed by atoms with Gasteiger partial charge in [0.1, 0.15) is 0 Å². The van der Waals surface area contributed by atoms with Crippen LogP contribution < -0.4 is 5.32 Å². The monoisotopic (exact) mass is 233 g/mol. The molecular formula is C10H14F3N3. The summed E-state index contributed by atoms with van der Waals surface area (Å²) in [6.07, 6.45) is -1.97. The molecule has 1 aliphatic rings. The van der Waals surface area contributed by atoms with Crippen LogP contribution in [0.4, 0.5) is 13.2 Å². The minimum absolute atomic E-state index is 0.0184. The third-order valence-electron chi connectivity index (χ3n) is 3.03. The second-order valence-corrected chi connectivity index (χ2v) is 4.22. The summed E-state index contributed by atoms with van der Waals surface area (Å²) in [4.78, 5) is 0. The maximum absolute atomic E-state index is 12.4. The van der Waals surface area contributed by atoms with E-state index < -0.39 is 11.9 Å². The Morgan fingerprint density at radius 3 is 2.81 bits per heavy atom. The predicted molar refractivity (Wildman–Crippen MR) is 52.9 cm³/mol. The van der Waals surface area contributed by atoms with Crippen molar-refractivity contribution < 1.29 is 13.2 Å². The van der Waals surface area contributed by atoms with Gasteiger partial charge in [0.05, 0.1) is 6.04 Å². The Bertz CT molecular complexity index is 358. The molecule has 1 saturated heterocycles. The Morgan fingerprint density at radius 1 is 1.50 bits per heavy atom. The molecular weight excluding hydrogens is 219 g/mol. The molecule has 0 bridgehead atoms. The number of alkyl halides is 3. The first-order valence-corrected chi connectivity index (χ1v) is 5.31. The molecule has 0 aliphatic carbocycles. The van der Waals surface area contributed by atoms with E-state index in [1.165, 1.54) is 10.9 Å². The molecule has 1 aromatic rings. The second-order valence-electron chi connectivity index (χ2n) is 4.22. The largest absolute Gasteiger partial charge is 0.435 e. The van der Waals surface area contributed by atoms with Crippen LogP contribution in [0.15, 0.2) is 12.3 Å². The van der Waals surface area contributed by atoms with Gasteiger partial charge < -0.3 is 5.32 Å². The standard InChI is InChI=1S/C10H14F3N3/c1-7-2-4-14-6-8(7)16-5-3-9(15-16)10(11,12)13/h3,5,7-8,14H,2,4,6H2,1H3. The number of rotatable bonds is 1. The highest BCUT2D eigenvalue weighted by atomic mass is 19.4. The molecule has 0 amide bonds. The molecule has 1 N–H and O–H groups in total. The fraction of sp³-hybridized carbons (Fsp3) is 0.700. The van der Waals surface area contributed by atoms with Crippen molar-refractivity contribution in [2.75, 3.05) is 13.1 Å². The first-order chi connectivity index (χ1) is 7.48. The number of aromatic nitrogens is 2. The Hall–Kier alpha value is -1.04. The van der Waals surface area contributed by atoms with Crippen molar-refractivity contribution in [2.24, 2.45) is 5.92 Å². The summed E-state index contributed by atoms with van der Waals surface area (Å²) in [6.45, 7) is 3.64. The second kappa shape index (κ2) is 4.08. The van der Waals surface area contributed by atoms with Gasteiger partial charge in [0.25, 0.3) is 0 Å². The Labute approximate surface area is 91.6 Å². The van der Waals surface area contributed by atoms with E-state index in [9.17, 15) is 13.2 Å². The molecule has 2 heterocycles. The quantitative estimate of drug-likeness (QED) is 0.804. The van der Waals surface area contributed by atoms with Gasteiger partial charge in [0, 0.05) is 12.7 Å². The van der Waals surface area contributed by atoms with Crippen molar-refractivity contribution in [3.63, 3.8) is 0 Å². The third kappa shape index (κ3) is 2.21. The number of halogens is 3. The SMILES string of the molecule is CC1CCNCC1n1ccc(C(F)(F)F)n1. The highest BCUT2D eigenvalue weighted by Crippen LogP contribution is 2.29. The Morgan fingerprint density at radius 2 is 2.25 bits per heavy atom. The molecule has 1 aromatic heterocycles. The zero-order valence-corrected chi connectivity index (χ0v) is 8.96. The summed E-state index contributed by atoms with van der Waals surface area (Å²) in [5.41, 5.74) is -0.815. The van der Waals surface area contributed by atoms with Crippen molar-refractivity contribution in [1.29, 1.82) is 0 Å². The van der Waals surface area contributed by atoms with Crippen LogP contribution in [0.2, 0.25) is 0 Å². The fourth-order valence-electron chi connectivity index (χ4n) is 2.00. The van der Waals surface area contributed by atoms with Gasteiger partial charge in [-0.25, -0.2) is 0 Å². The molecule has 3 nitrogen and oxygen atoms in total. The molecule has 0 aromatic carbocycles. The van der Waals surface area contributed by atoms with E-state index in [4.69, 9.17) is 0 Å². The summed E-state index contributed by atoms with van der Waals surface area (Å²) < 4.78 is 38.6.